The van der Waals surface area contributed by atoms with Crippen LogP contribution in [-0.4, -0.2) is 0 Å². The van der Waals surface area contributed by atoms with Crippen LogP contribution in [0.3, 0.4) is 0 Å². The minimum Gasteiger partial charge on any atom is -0.619 e. The van der Waals surface area contributed by atoms with Gasteiger partial charge in [0.25, 0.3) is 0 Å². The van der Waals surface area contributed by atoms with Gasteiger partial charge in [-0.2, -0.15) is 9.99 Å². The second kappa shape index (κ2) is 4.12. The summed E-state index contributed by atoms with van der Waals surface area (Å²) in [6, 6.07) is 5.50. The minimum atomic E-state index is 0.494. The summed E-state index contributed by atoms with van der Waals surface area (Å²) < 4.78 is 1.22. The van der Waals surface area contributed by atoms with E-state index in [-0.39, 0.29) is 0 Å². The highest BCUT2D eigenvalue weighted by molar-refractivity contribution is 7.19. The van der Waals surface area contributed by atoms with E-state index in [0.29, 0.717) is 9.90 Å². The average Bonchev–Trinajstić information content (AvgIpc) is 2.55. The second-order valence-electron chi connectivity index (χ2n) is 3.26. The van der Waals surface area contributed by atoms with E-state index in [9.17, 15) is 5.21 Å². The SMILES string of the molecule is Cc1c(-c2cc[n+]([O-])cc2)sc(Cl)c1C#N. The Balaban J connectivity index is 2.58. The number of thiophene rings is 1. The molecule has 0 saturated heterocycles. The molecular formula is C11H7ClN2OS. The lowest BCUT2D eigenvalue weighted by atomic mass is 10.1. The van der Waals surface area contributed by atoms with Gasteiger partial charge in [0.15, 0.2) is 12.4 Å². The molecule has 0 fully saturated rings. The minimum absolute atomic E-state index is 0.494. The van der Waals surface area contributed by atoms with Crippen LogP contribution in [0, 0.1) is 23.5 Å². The summed E-state index contributed by atoms with van der Waals surface area (Å²) in [4.78, 5) is 0.933. The number of nitriles is 1. The highest BCUT2D eigenvalue weighted by Gasteiger charge is 2.14. The monoisotopic (exact) mass is 250 g/mol. The van der Waals surface area contributed by atoms with E-state index >= 15 is 0 Å². The van der Waals surface area contributed by atoms with Crippen LogP contribution >= 0.6 is 22.9 Å². The van der Waals surface area contributed by atoms with Gasteiger partial charge in [0.1, 0.15) is 10.4 Å². The van der Waals surface area contributed by atoms with Gasteiger partial charge in [0, 0.05) is 22.6 Å². The third kappa shape index (κ3) is 1.75. The number of hydrogen-bond donors (Lipinski definition) is 0. The van der Waals surface area contributed by atoms with Crippen molar-refractivity contribution in [3.05, 3.63) is 45.2 Å². The number of rotatable bonds is 1. The molecule has 5 heteroatoms. The lowest BCUT2D eigenvalue weighted by Gasteiger charge is -1.99. The first-order chi connectivity index (χ1) is 7.63. The predicted octanol–water partition coefficient (Wildman–Crippen LogP) is 2.88. The topological polar surface area (TPSA) is 50.7 Å². The average molecular weight is 251 g/mol. The maximum absolute atomic E-state index is 10.9. The number of halogens is 1. The lowest BCUT2D eigenvalue weighted by molar-refractivity contribution is -0.605. The fourth-order valence-electron chi connectivity index (χ4n) is 1.45. The maximum Gasteiger partial charge on any atom is 0.180 e. The molecule has 16 heavy (non-hydrogen) atoms. The summed E-state index contributed by atoms with van der Waals surface area (Å²) in [6.07, 6.45) is 2.85. The summed E-state index contributed by atoms with van der Waals surface area (Å²) >= 11 is 7.32. The molecular weight excluding hydrogens is 244 g/mol. The molecule has 0 spiro atoms. The molecule has 80 valence electrons. The first kappa shape index (κ1) is 10.9. The molecule has 0 saturated carbocycles. The van der Waals surface area contributed by atoms with Crippen LogP contribution in [0.4, 0.5) is 0 Å². The van der Waals surface area contributed by atoms with Gasteiger partial charge in [0.05, 0.1) is 5.56 Å². The zero-order valence-electron chi connectivity index (χ0n) is 8.40. The Morgan fingerprint density at radius 1 is 1.44 bits per heavy atom. The van der Waals surface area contributed by atoms with Crippen molar-refractivity contribution >= 4 is 22.9 Å². The van der Waals surface area contributed by atoms with Crippen LogP contribution in [0.1, 0.15) is 11.1 Å². The summed E-state index contributed by atoms with van der Waals surface area (Å²) in [6.45, 7) is 1.86. The van der Waals surface area contributed by atoms with E-state index in [0.717, 1.165) is 20.7 Å². The summed E-state index contributed by atoms with van der Waals surface area (Å²) in [7, 11) is 0. The molecule has 2 aromatic heterocycles. The summed E-state index contributed by atoms with van der Waals surface area (Å²) in [5, 5.41) is 19.8. The summed E-state index contributed by atoms with van der Waals surface area (Å²) in [5.41, 5.74) is 2.28. The van der Waals surface area contributed by atoms with Crippen molar-refractivity contribution in [1.29, 1.82) is 5.26 Å². The molecule has 2 heterocycles. The van der Waals surface area contributed by atoms with Crippen LogP contribution in [0.15, 0.2) is 24.5 Å². The fraction of sp³-hybridized carbons (Fsp3) is 0.0909. The molecule has 0 atom stereocenters. The van der Waals surface area contributed by atoms with Crippen LogP contribution in [0.2, 0.25) is 4.34 Å². The normalized spacial score (nSPS) is 10.1. The molecule has 0 aromatic carbocycles. The predicted molar refractivity (Wildman–Crippen MR) is 63.2 cm³/mol. The molecule has 0 radical (unpaired) electrons. The largest absolute Gasteiger partial charge is 0.619 e. The molecule has 2 rings (SSSR count). The van der Waals surface area contributed by atoms with Gasteiger partial charge in [-0.3, -0.25) is 0 Å². The smallest absolute Gasteiger partial charge is 0.180 e. The second-order valence-corrected chi connectivity index (χ2v) is 4.89. The van der Waals surface area contributed by atoms with E-state index in [4.69, 9.17) is 16.9 Å². The first-order valence-electron chi connectivity index (χ1n) is 4.51. The Hall–Kier alpha value is -1.57. The van der Waals surface area contributed by atoms with Crippen molar-refractivity contribution < 1.29 is 4.73 Å². The standard InChI is InChI=1S/C11H7ClN2OS/c1-7-9(6-13)11(12)16-10(7)8-2-4-14(15)5-3-8/h2-5H,1H3. The fourth-order valence-corrected chi connectivity index (χ4v) is 2.85. The zero-order valence-corrected chi connectivity index (χ0v) is 9.97. The van der Waals surface area contributed by atoms with Crippen LogP contribution in [0.25, 0.3) is 10.4 Å². The van der Waals surface area contributed by atoms with Gasteiger partial charge in [-0.15, -0.1) is 11.3 Å². The Morgan fingerprint density at radius 2 is 2.06 bits per heavy atom. The van der Waals surface area contributed by atoms with Crippen molar-refractivity contribution in [3.8, 4) is 16.5 Å². The molecule has 2 aromatic rings. The van der Waals surface area contributed by atoms with E-state index < -0.39 is 0 Å². The molecule has 0 bridgehead atoms. The van der Waals surface area contributed by atoms with Gasteiger partial charge in [0.2, 0.25) is 0 Å². The molecule has 0 unspecified atom stereocenters. The van der Waals surface area contributed by atoms with Gasteiger partial charge >= 0.3 is 0 Å². The third-order valence-electron chi connectivity index (χ3n) is 2.28. The van der Waals surface area contributed by atoms with Gasteiger partial charge in [-0.05, 0) is 12.5 Å². The molecule has 0 N–H and O–H groups in total. The van der Waals surface area contributed by atoms with E-state index in [2.05, 4.69) is 6.07 Å². The Morgan fingerprint density at radius 3 is 2.56 bits per heavy atom. The number of aromatic nitrogens is 1. The van der Waals surface area contributed by atoms with Crippen LogP contribution in [0.5, 0.6) is 0 Å². The van der Waals surface area contributed by atoms with Crippen molar-refractivity contribution in [2.75, 3.05) is 0 Å². The molecule has 0 aliphatic heterocycles. The van der Waals surface area contributed by atoms with E-state index in [1.54, 1.807) is 12.1 Å². The zero-order chi connectivity index (χ0) is 11.7. The lowest BCUT2D eigenvalue weighted by Crippen LogP contribution is -2.23. The first-order valence-corrected chi connectivity index (χ1v) is 5.71. The Kier molecular flexibility index (Phi) is 2.82. The third-order valence-corrected chi connectivity index (χ3v) is 3.83. The van der Waals surface area contributed by atoms with Crippen LogP contribution in [-0.2, 0) is 0 Å². The Labute approximate surface area is 102 Å². The number of hydrogen-bond acceptors (Lipinski definition) is 3. The number of nitrogens with zero attached hydrogens (tertiary/aromatic N) is 2. The highest BCUT2D eigenvalue weighted by atomic mass is 35.5. The molecule has 0 aliphatic carbocycles. The van der Waals surface area contributed by atoms with Crippen molar-refractivity contribution in [2.45, 2.75) is 6.92 Å². The van der Waals surface area contributed by atoms with Crippen molar-refractivity contribution in [2.24, 2.45) is 0 Å². The van der Waals surface area contributed by atoms with Gasteiger partial charge in [-0.1, -0.05) is 11.6 Å². The van der Waals surface area contributed by atoms with Gasteiger partial charge in [-0.25, -0.2) is 0 Å². The molecule has 0 amide bonds. The van der Waals surface area contributed by atoms with Crippen molar-refractivity contribution in [3.63, 3.8) is 0 Å². The Bertz CT molecular complexity index is 569. The van der Waals surface area contributed by atoms with E-state index in [1.165, 1.54) is 23.7 Å². The molecule has 0 aliphatic rings. The number of pyridine rings is 1. The maximum atomic E-state index is 10.9. The quantitative estimate of drug-likeness (QED) is 0.577. The highest BCUT2D eigenvalue weighted by Crippen LogP contribution is 2.38. The van der Waals surface area contributed by atoms with E-state index in [1.807, 2.05) is 6.92 Å². The van der Waals surface area contributed by atoms with Gasteiger partial charge < -0.3 is 5.21 Å². The van der Waals surface area contributed by atoms with Crippen LogP contribution < -0.4 is 4.73 Å². The summed E-state index contributed by atoms with van der Waals surface area (Å²) in [5.74, 6) is 0. The molecule has 3 nitrogen and oxygen atoms in total. The van der Waals surface area contributed by atoms with Crippen molar-refractivity contribution in [1.82, 2.24) is 0 Å².